The molecule has 116 valence electrons. The van der Waals surface area contributed by atoms with Crippen molar-refractivity contribution in [1.29, 1.82) is 0 Å². The Hall–Kier alpha value is -1.85. The number of amides is 1. The normalized spacial score (nSPS) is 15.5. The number of nitrogens with zero attached hydrogens (tertiary/aromatic N) is 2. The molecule has 2 N–H and O–H groups in total. The van der Waals surface area contributed by atoms with E-state index in [1.54, 1.807) is 16.9 Å². The number of aliphatic hydroxyl groups is 1. The van der Waals surface area contributed by atoms with Gasteiger partial charge in [0, 0.05) is 18.8 Å². The van der Waals surface area contributed by atoms with Crippen LogP contribution in [0.2, 0.25) is 5.02 Å². The molecule has 1 atom stereocenters. The molecule has 0 aliphatic heterocycles. The number of carbonyl (C=O) groups excluding carboxylic acids is 1. The van der Waals surface area contributed by atoms with Crippen LogP contribution in [0.5, 0.6) is 0 Å². The maximum Gasteiger partial charge on any atom is 0.254 e. The van der Waals surface area contributed by atoms with E-state index >= 15 is 0 Å². The molecule has 22 heavy (non-hydrogen) atoms. The largest absolute Gasteiger partial charge is 0.396 e. The average molecular weight is 320 g/mol. The quantitative estimate of drug-likeness (QED) is 0.859. The summed E-state index contributed by atoms with van der Waals surface area (Å²) in [5.41, 5.74) is 1.22. The Bertz CT molecular complexity index is 667. The summed E-state index contributed by atoms with van der Waals surface area (Å²) in [6, 6.07) is 7.38. The first-order chi connectivity index (χ1) is 10.7. The topological polar surface area (TPSA) is 67.2 Å². The smallest absolute Gasteiger partial charge is 0.254 e. The fourth-order valence-electron chi connectivity index (χ4n) is 2.52. The van der Waals surface area contributed by atoms with Crippen molar-refractivity contribution in [2.45, 2.75) is 25.3 Å². The lowest BCUT2D eigenvalue weighted by Crippen LogP contribution is -2.37. The summed E-state index contributed by atoms with van der Waals surface area (Å²) >= 11 is 6.13. The van der Waals surface area contributed by atoms with E-state index < -0.39 is 0 Å². The summed E-state index contributed by atoms with van der Waals surface area (Å²) in [4.78, 5) is 12.3. The highest BCUT2D eigenvalue weighted by molar-refractivity contribution is 6.32. The van der Waals surface area contributed by atoms with Gasteiger partial charge in [-0.1, -0.05) is 23.7 Å². The third-order valence-corrected chi connectivity index (χ3v) is 4.21. The molecule has 5 nitrogen and oxygen atoms in total. The molecular weight excluding hydrogens is 302 g/mol. The molecule has 0 bridgehead atoms. The second kappa shape index (κ2) is 6.50. The van der Waals surface area contributed by atoms with Crippen molar-refractivity contribution in [3.8, 4) is 5.69 Å². The summed E-state index contributed by atoms with van der Waals surface area (Å²) in [6.07, 6.45) is 6.02. The van der Waals surface area contributed by atoms with E-state index in [4.69, 9.17) is 16.7 Å². The second-order valence-electron chi connectivity index (χ2n) is 5.55. The summed E-state index contributed by atoms with van der Waals surface area (Å²) in [5.74, 6) is 0.332. The van der Waals surface area contributed by atoms with Gasteiger partial charge in [0.15, 0.2) is 0 Å². The summed E-state index contributed by atoms with van der Waals surface area (Å²) in [7, 11) is 0. The van der Waals surface area contributed by atoms with Crippen molar-refractivity contribution >= 4 is 17.5 Å². The molecule has 0 radical (unpaired) electrons. The van der Waals surface area contributed by atoms with Crippen LogP contribution in [0, 0.1) is 5.92 Å². The predicted octanol–water partition coefficient (Wildman–Crippen LogP) is 2.42. The molecule has 1 amide bonds. The number of rotatable bonds is 6. The van der Waals surface area contributed by atoms with Crippen molar-refractivity contribution in [3.63, 3.8) is 0 Å². The maximum absolute atomic E-state index is 12.3. The first-order valence-electron chi connectivity index (χ1n) is 7.40. The van der Waals surface area contributed by atoms with Gasteiger partial charge in [-0.05, 0) is 37.3 Å². The standard InChI is InChI=1S/C16H18ClN3O2/c17-13-3-1-2-4-15(13)20-10-12(9-18-20)16(22)19-14(7-8-21)11-5-6-11/h1-4,9-11,14,21H,5-8H2,(H,19,22). The zero-order valence-electron chi connectivity index (χ0n) is 12.1. The summed E-state index contributed by atoms with van der Waals surface area (Å²) in [5, 5.41) is 16.9. The number of hydrogen-bond acceptors (Lipinski definition) is 3. The third-order valence-electron chi connectivity index (χ3n) is 3.89. The molecule has 1 saturated carbocycles. The molecular formula is C16H18ClN3O2. The van der Waals surface area contributed by atoms with Crippen LogP contribution in [-0.2, 0) is 0 Å². The molecule has 1 aromatic heterocycles. The van der Waals surface area contributed by atoms with E-state index in [1.807, 2.05) is 18.2 Å². The first kappa shape index (κ1) is 15.1. The third kappa shape index (κ3) is 3.31. The monoisotopic (exact) mass is 319 g/mol. The van der Waals surface area contributed by atoms with E-state index in [-0.39, 0.29) is 18.6 Å². The van der Waals surface area contributed by atoms with Crippen molar-refractivity contribution in [2.24, 2.45) is 5.92 Å². The fourth-order valence-corrected chi connectivity index (χ4v) is 2.75. The Morgan fingerprint density at radius 1 is 1.45 bits per heavy atom. The number of aliphatic hydroxyl groups excluding tert-OH is 1. The molecule has 1 aliphatic carbocycles. The van der Waals surface area contributed by atoms with Gasteiger partial charge in [-0.25, -0.2) is 4.68 Å². The van der Waals surface area contributed by atoms with Gasteiger partial charge >= 0.3 is 0 Å². The lowest BCUT2D eigenvalue weighted by molar-refractivity contribution is 0.0924. The van der Waals surface area contributed by atoms with Crippen LogP contribution < -0.4 is 5.32 Å². The molecule has 1 heterocycles. The van der Waals surface area contributed by atoms with E-state index in [9.17, 15) is 4.79 Å². The van der Waals surface area contributed by atoms with E-state index in [0.29, 0.717) is 22.9 Å². The van der Waals surface area contributed by atoms with Gasteiger partial charge in [-0.3, -0.25) is 4.79 Å². The zero-order valence-corrected chi connectivity index (χ0v) is 12.8. The van der Waals surface area contributed by atoms with Gasteiger partial charge in [0.2, 0.25) is 0 Å². The number of nitrogens with one attached hydrogen (secondary N) is 1. The Labute approximate surface area is 133 Å². The van der Waals surface area contributed by atoms with Crippen LogP contribution in [0.15, 0.2) is 36.7 Å². The number of carbonyl (C=O) groups is 1. The fraction of sp³-hybridized carbons (Fsp3) is 0.375. The van der Waals surface area contributed by atoms with Gasteiger partial charge in [0.05, 0.1) is 22.5 Å². The Morgan fingerprint density at radius 2 is 2.23 bits per heavy atom. The van der Waals surface area contributed by atoms with Gasteiger partial charge in [0.25, 0.3) is 5.91 Å². The van der Waals surface area contributed by atoms with Crippen LogP contribution in [0.1, 0.15) is 29.6 Å². The minimum absolute atomic E-state index is 0.0427. The van der Waals surface area contributed by atoms with Crippen molar-refractivity contribution in [2.75, 3.05) is 6.61 Å². The number of halogens is 1. The van der Waals surface area contributed by atoms with Crippen LogP contribution in [0.4, 0.5) is 0 Å². The van der Waals surface area contributed by atoms with Gasteiger partial charge in [-0.15, -0.1) is 0 Å². The molecule has 6 heteroatoms. The van der Waals surface area contributed by atoms with E-state index in [2.05, 4.69) is 10.4 Å². The predicted molar refractivity (Wildman–Crippen MR) is 84.3 cm³/mol. The molecule has 0 saturated heterocycles. The Balaban J connectivity index is 1.73. The van der Waals surface area contributed by atoms with Crippen molar-refractivity contribution in [1.82, 2.24) is 15.1 Å². The van der Waals surface area contributed by atoms with Crippen LogP contribution in [0.3, 0.4) is 0 Å². The van der Waals surface area contributed by atoms with E-state index in [1.165, 1.54) is 6.20 Å². The molecule has 1 fully saturated rings. The molecule has 3 rings (SSSR count). The Morgan fingerprint density at radius 3 is 2.91 bits per heavy atom. The van der Waals surface area contributed by atoms with Gasteiger partial charge in [0.1, 0.15) is 0 Å². The average Bonchev–Trinajstić information content (AvgIpc) is 3.24. The Kier molecular flexibility index (Phi) is 4.45. The highest BCUT2D eigenvalue weighted by Gasteiger charge is 2.32. The van der Waals surface area contributed by atoms with Crippen molar-refractivity contribution in [3.05, 3.63) is 47.2 Å². The highest BCUT2D eigenvalue weighted by atomic mass is 35.5. The minimum Gasteiger partial charge on any atom is -0.396 e. The number of hydrogen-bond donors (Lipinski definition) is 2. The molecule has 1 aromatic carbocycles. The van der Waals surface area contributed by atoms with Crippen LogP contribution in [0.25, 0.3) is 5.69 Å². The van der Waals surface area contributed by atoms with Crippen LogP contribution in [-0.4, -0.2) is 33.4 Å². The molecule has 1 unspecified atom stereocenters. The van der Waals surface area contributed by atoms with Crippen molar-refractivity contribution < 1.29 is 9.90 Å². The molecule has 0 spiro atoms. The second-order valence-corrected chi connectivity index (χ2v) is 5.96. The maximum atomic E-state index is 12.3. The number of aromatic nitrogens is 2. The van der Waals surface area contributed by atoms with E-state index in [0.717, 1.165) is 18.5 Å². The lowest BCUT2D eigenvalue weighted by atomic mass is 10.1. The SMILES string of the molecule is O=C(NC(CCO)C1CC1)c1cnn(-c2ccccc2Cl)c1. The number of para-hydroxylation sites is 1. The van der Waals surface area contributed by atoms with Gasteiger partial charge in [-0.2, -0.15) is 5.10 Å². The highest BCUT2D eigenvalue weighted by Crippen LogP contribution is 2.34. The molecule has 1 aliphatic rings. The first-order valence-corrected chi connectivity index (χ1v) is 7.78. The van der Waals surface area contributed by atoms with Gasteiger partial charge < -0.3 is 10.4 Å². The summed E-state index contributed by atoms with van der Waals surface area (Å²) < 4.78 is 1.59. The summed E-state index contributed by atoms with van der Waals surface area (Å²) in [6.45, 7) is 0.0837. The molecule has 2 aromatic rings. The minimum atomic E-state index is -0.163. The lowest BCUT2D eigenvalue weighted by Gasteiger charge is -2.16. The van der Waals surface area contributed by atoms with Crippen LogP contribution >= 0.6 is 11.6 Å². The zero-order chi connectivity index (χ0) is 15.5. The number of benzene rings is 1.